The zero-order valence-electron chi connectivity index (χ0n) is 14.4. The molecular weight excluding hydrogens is 445 g/mol. The molecule has 0 aromatic heterocycles. The van der Waals surface area contributed by atoms with Gasteiger partial charge in [0, 0.05) is 11.4 Å². The van der Waals surface area contributed by atoms with Gasteiger partial charge in [-0.15, -0.1) is 0 Å². The molecule has 6 nitrogen and oxygen atoms in total. The van der Waals surface area contributed by atoms with Gasteiger partial charge in [-0.3, -0.25) is 20.4 Å². The van der Waals surface area contributed by atoms with E-state index in [1.807, 2.05) is 0 Å². The number of halogens is 3. The van der Waals surface area contributed by atoms with Gasteiger partial charge >= 0.3 is 0 Å². The van der Waals surface area contributed by atoms with Crippen molar-refractivity contribution in [1.82, 2.24) is 16.2 Å². The smallest absolute Gasteiger partial charge is 0.271 e. The van der Waals surface area contributed by atoms with E-state index in [1.165, 1.54) is 0 Å². The normalized spacial score (nSPS) is 10.1. The Hall–Kier alpha value is -2.06. The molecule has 148 valence electrons. The first kappa shape index (κ1) is 22.2. The second kappa shape index (κ2) is 11.1. The molecule has 2 rings (SSSR count). The van der Waals surface area contributed by atoms with E-state index >= 15 is 0 Å². The third kappa shape index (κ3) is 7.16. The third-order valence-electron chi connectivity index (χ3n) is 3.36. The summed E-state index contributed by atoms with van der Waals surface area (Å²) in [6, 6.07) is 11.4. The van der Waals surface area contributed by atoms with Crippen LogP contribution in [0.2, 0.25) is 15.1 Å². The Morgan fingerprint density at radius 2 is 1.75 bits per heavy atom. The van der Waals surface area contributed by atoms with E-state index in [0.717, 1.165) is 0 Å². The molecule has 0 saturated heterocycles. The number of carbonyl (C=O) groups excluding carboxylic acids is 2. The van der Waals surface area contributed by atoms with Gasteiger partial charge in [0.05, 0.1) is 22.2 Å². The van der Waals surface area contributed by atoms with Gasteiger partial charge in [0.2, 0.25) is 5.91 Å². The maximum Gasteiger partial charge on any atom is 0.271 e. The number of rotatable bonds is 6. The van der Waals surface area contributed by atoms with Crippen molar-refractivity contribution >= 4 is 63.9 Å². The molecule has 10 heteroatoms. The Kier molecular flexibility index (Phi) is 8.79. The quantitative estimate of drug-likeness (QED) is 0.343. The number of hydrogen-bond acceptors (Lipinski definition) is 4. The summed E-state index contributed by atoms with van der Waals surface area (Å²) in [5.74, 6) is -0.309. The minimum Gasteiger partial charge on any atom is -0.492 e. The van der Waals surface area contributed by atoms with Crippen LogP contribution in [0.4, 0.5) is 0 Å². The molecule has 0 saturated carbocycles. The Balaban J connectivity index is 1.66. The lowest BCUT2D eigenvalue weighted by Crippen LogP contribution is -2.48. The van der Waals surface area contributed by atoms with Gasteiger partial charge < -0.3 is 10.1 Å². The number of hydrogen-bond donors (Lipinski definition) is 3. The second-order valence-electron chi connectivity index (χ2n) is 5.46. The highest BCUT2D eigenvalue weighted by atomic mass is 35.5. The van der Waals surface area contributed by atoms with Crippen LogP contribution in [0.5, 0.6) is 5.75 Å². The van der Waals surface area contributed by atoms with Crippen molar-refractivity contribution in [2.24, 2.45) is 0 Å². The van der Waals surface area contributed by atoms with E-state index in [2.05, 4.69) is 16.2 Å². The van der Waals surface area contributed by atoms with Gasteiger partial charge in [0.25, 0.3) is 5.91 Å². The molecule has 2 aromatic carbocycles. The number of carbonyl (C=O) groups is 2. The predicted molar refractivity (Wildman–Crippen MR) is 114 cm³/mol. The highest BCUT2D eigenvalue weighted by Gasteiger charge is 2.10. The SMILES string of the molecule is O=C(CCCOc1ccc(Cl)cc1Cl)NC(=S)NNC(=O)c1ccccc1Cl. The topological polar surface area (TPSA) is 79.5 Å². The highest BCUT2D eigenvalue weighted by Crippen LogP contribution is 2.27. The summed E-state index contributed by atoms with van der Waals surface area (Å²) in [7, 11) is 0. The summed E-state index contributed by atoms with van der Waals surface area (Å²) in [5, 5.41) is 3.63. The molecule has 0 aliphatic rings. The molecule has 0 heterocycles. The van der Waals surface area contributed by atoms with Crippen molar-refractivity contribution in [1.29, 1.82) is 0 Å². The number of hydrazine groups is 1. The molecular formula is C18H16Cl3N3O3S. The van der Waals surface area contributed by atoms with Gasteiger partial charge in [0.15, 0.2) is 5.11 Å². The summed E-state index contributed by atoms with van der Waals surface area (Å²) in [6.45, 7) is 0.290. The van der Waals surface area contributed by atoms with Crippen LogP contribution in [0.25, 0.3) is 0 Å². The van der Waals surface area contributed by atoms with Crippen LogP contribution in [0.3, 0.4) is 0 Å². The highest BCUT2D eigenvalue weighted by molar-refractivity contribution is 7.80. The fourth-order valence-corrected chi connectivity index (χ4v) is 2.90. The molecule has 0 spiro atoms. The number of amides is 2. The summed E-state index contributed by atoms with van der Waals surface area (Å²) >= 11 is 22.7. The number of benzene rings is 2. The molecule has 0 fully saturated rings. The summed E-state index contributed by atoms with van der Waals surface area (Å²) < 4.78 is 5.50. The van der Waals surface area contributed by atoms with Gasteiger partial charge in [-0.2, -0.15) is 0 Å². The van der Waals surface area contributed by atoms with Gasteiger partial charge in [-0.25, -0.2) is 0 Å². The molecule has 0 bridgehead atoms. The molecule has 2 amide bonds. The lowest BCUT2D eigenvalue weighted by molar-refractivity contribution is -0.119. The van der Waals surface area contributed by atoms with Crippen LogP contribution in [0.15, 0.2) is 42.5 Å². The Labute approximate surface area is 182 Å². The molecule has 0 aliphatic heterocycles. The molecule has 0 unspecified atom stereocenters. The van der Waals surface area contributed by atoms with Crippen LogP contribution in [-0.4, -0.2) is 23.5 Å². The van der Waals surface area contributed by atoms with Crippen molar-refractivity contribution in [3.05, 3.63) is 63.1 Å². The standard InChI is InChI=1S/C18H16Cl3N3O3S/c19-11-7-8-15(14(21)10-11)27-9-3-6-16(25)22-18(28)24-23-17(26)12-4-1-2-5-13(12)20/h1-2,4-5,7-8,10H,3,6,9H2,(H,23,26)(H2,22,24,25,28). The lowest BCUT2D eigenvalue weighted by atomic mass is 10.2. The first-order chi connectivity index (χ1) is 13.4. The minimum atomic E-state index is -0.476. The number of nitrogens with one attached hydrogen (secondary N) is 3. The average molecular weight is 461 g/mol. The van der Waals surface area contributed by atoms with E-state index < -0.39 is 5.91 Å². The molecule has 28 heavy (non-hydrogen) atoms. The summed E-state index contributed by atoms with van der Waals surface area (Å²) in [6.07, 6.45) is 0.616. The maximum atomic E-state index is 12.0. The van der Waals surface area contributed by atoms with Crippen LogP contribution in [-0.2, 0) is 4.79 Å². The predicted octanol–water partition coefficient (Wildman–Crippen LogP) is 4.14. The van der Waals surface area contributed by atoms with Crippen LogP contribution in [0.1, 0.15) is 23.2 Å². The van der Waals surface area contributed by atoms with Crippen LogP contribution >= 0.6 is 47.0 Å². The van der Waals surface area contributed by atoms with E-state index in [4.69, 9.17) is 51.8 Å². The van der Waals surface area contributed by atoms with E-state index in [9.17, 15) is 9.59 Å². The Bertz CT molecular complexity index is 880. The fourth-order valence-electron chi connectivity index (χ4n) is 2.05. The van der Waals surface area contributed by atoms with Crippen LogP contribution < -0.4 is 20.9 Å². The van der Waals surface area contributed by atoms with Crippen molar-refractivity contribution in [3.8, 4) is 5.75 Å². The lowest BCUT2D eigenvalue weighted by Gasteiger charge is -2.12. The van der Waals surface area contributed by atoms with Crippen molar-refractivity contribution in [2.75, 3.05) is 6.61 Å². The van der Waals surface area contributed by atoms with E-state index in [0.29, 0.717) is 27.2 Å². The molecule has 0 atom stereocenters. The number of thiocarbonyl (C=S) groups is 1. The monoisotopic (exact) mass is 459 g/mol. The molecule has 0 radical (unpaired) electrons. The second-order valence-corrected chi connectivity index (χ2v) is 7.12. The molecule has 3 N–H and O–H groups in total. The van der Waals surface area contributed by atoms with Crippen molar-refractivity contribution < 1.29 is 14.3 Å². The average Bonchev–Trinajstić information content (AvgIpc) is 2.65. The first-order valence-electron chi connectivity index (χ1n) is 8.09. The van der Waals surface area contributed by atoms with Crippen molar-refractivity contribution in [3.63, 3.8) is 0 Å². The maximum absolute atomic E-state index is 12.0. The van der Waals surface area contributed by atoms with Crippen LogP contribution in [0, 0.1) is 0 Å². The molecule has 0 aliphatic carbocycles. The Morgan fingerprint density at radius 3 is 2.46 bits per heavy atom. The zero-order chi connectivity index (χ0) is 20.5. The van der Waals surface area contributed by atoms with Crippen molar-refractivity contribution in [2.45, 2.75) is 12.8 Å². The third-order valence-corrected chi connectivity index (χ3v) is 4.42. The summed E-state index contributed by atoms with van der Waals surface area (Å²) in [5.41, 5.74) is 5.09. The number of ether oxygens (including phenoxy) is 1. The van der Waals surface area contributed by atoms with Gasteiger partial charge in [-0.1, -0.05) is 46.9 Å². The summed E-state index contributed by atoms with van der Waals surface area (Å²) in [4.78, 5) is 23.9. The van der Waals surface area contributed by atoms with E-state index in [-0.39, 0.29) is 29.6 Å². The minimum absolute atomic E-state index is 0.0351. The first-order valence-corrected chi connectivity index (χ1v) is 9.63. The van der Waals surface area contributed by atoms with E-state index in [1.54, 1.807) is 42.5 Å². The van der Waals surface area contributed by atoms with Gasteiger partial charge in [0.1, 0.15) is 5.75 Å². The molecule has 2 aromatic rings. The Morgan fingerprint density at radius 1 is 1.00 bits per heavy atom. The fraction of sp³-hybridized carbons (Fsp3) is 0.167. The van der Waals surface area contributed by atoms with Gasteiger partial charge in [-0.05, 0) is 49.0 Å². The largest absolute Gasteiger partial charge is 0.492 e. The zero-order valence-corrected chi connectivity index (χ0v) is 17.5.